The van der Waals surface area contributed by atoms with Gasteiger partial charge in [0, 0.05) is 11.8 Å². The van der Waals surface area contributed by atoms with Gasteiger partial charge in [-0.3, -0.25) is 9.59 Å². The molecular formula is C14H8Cl2F2N2O2. The molecule has 0 fully saturated rings. The van der Waals surface area contributed by atoms with E-state index in [1.165, 1.54) is 18.2 Å². The van der Waals surface area contributed by atoms with Crippen molar-refractivity contribution in [2.45, 2.75) is 0 Å². The predicted octanol–water partition coefficient (Wildman–Crippen LogP) is 3.85. The maximum Gasteiger partial charge on any atom is 0.314 e. The fraction of sp³-hybridized carbons (Fsp3) is 0. The largest absolute Gasteiger partial charge is 0.318 e. The molecule has 2 aromatic carbocycles. The van der Waals surface area contributed by atoms with Gasteiger partial charge in [0.2, 0.25) is 0 Å². The Morgan fingerprint density at radius 1 is 0.864 bits per heavy atom. The molecule has 0 aliphatic heterocycles. The Hall–Kier alpha value is -2.18. The molecule has 2 rings (SSSR count). The molecule has 0 aliphatic carbocycles. The lowest BCUT2D eigenvalue weighted by molar-refractivity contribution is -0.133. The van der Waals surface area contributed by atoms with Crippen molar-refractivity contribution in [3.8, 4) is 0 Å². The van der Waals surface area contributed by atoms with Crippen molar-refractivity contribution in [1.29, 1.82) is 0 Å². The molecule has 0 saturated carbocycles. The van der Waals surface area contributed by atoms with Crippen molar-refractivity contribution >= 4 is 46.4 Å². The number of halogens is 4. The molecule has 22 heavy (non-hydrogen) atoms. The number of hydrogen-bond acceptors (Lipinski definition) is 2. The Morgan fingerprint density at radius 3 is 2.18 bits per heavy atom. The highest BCUT2D eigenvalue weighted by molar-refractivity contribution is 6.44. The summed E-state index contributed by atoms with van der Waals surface area (Å²) in [7, 11) is 0. The second kappa shape index (κ2) is 6.72. The van der Waals surface area contributed by atoms with E-state index in [9.17, 15) is 18.4 Å². The lowest BCUT2D eigenvalue weighted by atomic mass is 10.3. The van der Waals surface area contributed by atoms with Crippen LogP contribution in [0.3, 0.4) is 0 Å². The molecule has 0 atom stereocenters. The fourth-order valence-corrected chi connectivity index (χ4v) is 1.83. The lowest BCUT2D eigenvalue weighted by Crippen LogP contribution is -2.29. The van der Waals surface area contributed by atoms with E-state index in [4.69, 9.17) is 23.2 Å². The van der Waals surface area contributed by atoms with E-state index in [0.29, 0.717) is 6.07 Å². The molecule has 0 aliphatic rings. The third kappa shape index (κ3) is 3.93. The first kappa shape index (κ1) is 16.2. The highest BCUT2D eigenvalue weighted by atomic mass is 35.5. The van der Waals surface area contributed by atoms with Crippen molar-refractivity contribution in [3.05, 3.63) is 58.1 Å². The van der Waals surface area contributed by atoms with Gasteiger partial charge in [-0.15, -0.1) is 0 Å². The van der Waals surface area contributed by atoms with E-state index in [1.807, 2.05) is 5.32 Å². The monoisotopic (exact) mass is 344 g/mol. The summed E-state index contributed by atoms with van der Waals surface area (Å²) in [6.45, 7) is 0. The van der Waals surface area contributed by atoms with E-state index < -0.39 is 23.4 Å². The minimum absolute atomic E-state index is 0.199. The SMILES string of the molecule is O=C(Nc1ccc(Cl)c(Cl)c1)C(=O)Nc1ccc(F)cc1F. The summed E-state index contributed by atoms with van der Waals surface area (Å²) in [5.74, 6) is -3.94. The van der Waals surface area contributed by atoms with Crippen LogP contribution in [0.15, 0.2) is 36.4 Å². The average molecular weight is 345 g/mol. The summed E-state index contributed by atoms with van der Waals surface area (Å²) in [6, 6.07) is 6.79. The number of hydrogen-bond donors (Lipinski definition) is 2. The van der Waals surface area contributed by atoms with Gasteiger partial charge in [0.25, 0.3) is 0 Å². The summed E-state index contributed by atoms with van der Waals surface area (Å²) in [4.78, 5) is 23.4. The van der Waals surface area contributed by atoms with Crippen LogP contribution in [-0.2, 0) is 9.59 Å². The molecule has 114 valence electrons. The number of rotatable bonds is 2. The zero-order valence-electron chi connectivity index (χ0n) is 10.8. The average Bonchev–Trinajstić information content (AvgIpc) is 2.45. The first-order valence-corrected chi connectivity index (χ1v) is 6.65. The van der Waals surface area contributed by atoms with Gasteiger partial charge in [-0.05, 0) is 30.3 Å². The molecule has 2 aromatic rings. The van der Waals surface area contributed by atoms with Crippen LogP contribution in [0.4, 0.5) is 20.2 Å². The Morgan fingerprint density at radius 2 is 1.55 bits per heavy atom. The molecule has 0 spiro atoms. The Bertz CT molecular complexity index is 754. The van der Waals surface area contributed by atoms with Crippen LogP contribution >= 0.6 is 23.2 Å². The van der Waals surface area contributed by atoms with E-state index in [-0.39, 0.29) is 21.4 Å². The smallest absolute Gasteiger partial charge is 0.314 e. The zero-order valence-corrected chi connectivity index (χ0v) is 12.3. The first-order chi connectivity index (χ1) is 10.4. The molecule has 0 aromatic heterocycles. The molecule has 0 saturated heterocycles. The minimum atomic E-state index is -1.11. The molecule has 0 bridgehead atoms. The summed E-state index contributed by atoms with van der Waals surface area (Å²) in [5.41, 5.74) is -0.0650. The number of anilines is 2. The molecule has 4 nitrogen and oxygen atoms in total. The number of carbonyl (C=O) groups excluding carboxylic acids is 2. The van der Waals surface area contributed by atoms with E-state index in [2.05, 4.69) is 5.32 Å². The summed E-state index contributed by atoms with van der Waals surface area (Å²) in [6.07, 6.45) is 0. The molecule has 2 amide bonds. The quantitative estimate of drug-likeness (QED) is 0.813. The van der Waals surface area contributed by atoms with Crippen LogP contribution < -0.4 is 10.6 Å². The van der Waals surface area contributed by atoms with E-state index in [1.54, 1.807) is 0 Å². The number of nitrogens with one attached hydrogen (secondary N) is 2. The lowest BCUT2D eigenvalue weighted by Gasteiger charge is -2.08. The minimum Gasteiger partial charge on any atom is -0.318 e. The van der Waals surface area contributed by atoms with Gasteiger partial charge in [0.15, 0.2) is 0 Å². The van der Waals surface area contributed by atoms with Crippen molar-refractivity contribution in [2.24, 2.45) is 0 Å². The third-order valence-corrected chi connectivity index (χ3v) is 3.30. The summed E-state index contributed by atoms with van der Waals surface area (Å²) in [5, 5.41) is 4.79. The van der Waals surface area contributed by atoms with Crippen molar-refractivity contribution < 1.29 is 18.4 Å². The van der Waals surface area contributed by atoms with Crippen molar-refractivity contribution in [2.75, 3.05) is 10.6 Å². The Labute approximate surface area is 134 Å². The topological polar surface area (TPSA) is 58.2 Å². The second-order valence-corrected chi connectivity index (χ2v) is 4.98. The summed E-state index contributed by atoms with van der Waals surface area (Å²) >= 11 is 11.5. The maximum absolute atomic E-state index is 13.4. The van der Waals surface area contributed by atoms with Gasteiger partial charge < -0.3 is 10.6 Å². The van der Waals surface area contributed by atoms with Crippen LogP contribution in [0.25, 0.3) is 0 Å². The normalized spacial score (nSPS) is 10.2. The van der Waals surface area contributed by atoms with Gasteiger partial charge >= 0.3 is 11.8 Å². The predicted molar refractivity (Wildman–Crippen MR) is 80.1 cm³/mol. The highest BCUT2D eigenvalue weighted by Gasteiger charge is 2.16. The van der Waals surface area contributed by atoms with Gasteiger partial charge in [-0.25, -0.2) is 8.78 Å². The maximum atomic E-state index is 13.4. The van der Waals surface area contributed by atoms with Crippen molar-refractivity contribution in [3.63, 3.8) is 0 Å². The van der Waals surface area contributed by atoms with Crippen molar-refractivity contribution in [1.82, 2.24) is 0 Å². The standard InChI is InChI=1S/C14H8Cl2F2N2O2/c15-9-3-2-8(6-10(9)16)19-13(21)14(22)20-12-4-1-7(17)5-11(12)18/h1-6H,(H,19,21)(H,20,22). The van der Waals surface area contributed by atoms with E-state index >= 15 is 0 Å². The van der Waals surface area contributed by atoms with Crippen LogP contribution in [0.5, 0.6) is 0 Å². The fourth-order valence-electron chi connectivity index (χ4n) is 1.53. The van der Waals surface area contributed by atoms with E-state index in [0.717, 1.165) is 12.1 Å². The highest BCUT2D eigenvalue weighted by Crippen LogP contribution is 2.25. The first-order valence-electron chi connectivity index (χ1n) is 5.89. The zero-order chi connectivity index (χ0) is 16.3. The van der Waals surface area contributed by atoms with Gasteiger partial charge in [-0.1, -0.05) is 23.2 Å². The van der Waals surface area contributed by atoms with Gasteiger partial charge in [0.05, 0.1) is 15.7 Å². The Balaban J connectivity index is 2.05. The molecule has 0 unspecified atom stereocenters. The molecule has 0 heterocycles. The molecule has 8 heteroatoms. The number of benzene rings is 2. The van der Waals surface area contributed by atoms with Gasteiger partial charge in [-0.2, -0.15) is 0 Å². The van der Waals surface area contributed by atoms with Crippen LogP contribution in [0, 0.1) is 11.6 Å². The molecule has 0 radical (unpaired) electrons. The van der Waals surface area contributed by atoms with Gasteiger partial charge in [0.1, 0.15) is 11.6 Å². The number of carbonyl (C=O) groups is 2. The number of amides is 2. The van der Waals surface area contributed by atoms with Crippen LogP contribution in [0.1, 0.15) is 0 Å². The molecule has 2 N–H and O–H groups in total. The summed E-state index contributed by atoms with van der Waals surface area (Å²) < 4.78 is 26.1. The Kier molecular flexibility index (Phi) is 4.95. The molecular weight excluding hydrogens is 337 g/mol. The van der Waals surface area contributed by atoms with Crippen LogP contribution in [-0.4, -0.2) is 11.8 Å². The second-order valence-electron chi connectivity index (χ2n) is 4.16. The van der Waals surface area contributed by atoms with Crippen LogP contribution in [0.2, 0.25) is 10.0 Å². The third-order valence-electron chi connectivity index (χ3n) is 2.56.